The van der Waals surface area contributed by atoms with Crippen LogP contribution in [0.4, 0.5) is 5.69 Å². The zero-order valence-electron chi connectivity index (χ0n) is 15.8. The minimum atomic E-state index is -0.160. The first-order chi connectivity index (χ1) is 13.6. The van der Waals surface area contributed by atoms with Crippen molar-refractivity contribution in [2.45, 2.75) is 25.3 Å². The Morgan fingerprint density at radius 3 is 2.64 bits per heavy atom. The van der Waals surface area contributed by atoms with E-state index in [1.54, 1.807) is 0 Å². The van der Waals surface area contributed by atoms with Crippen molar-refractivity contribution in [3.05, 3.63) is 82.6 Å². The number of benzene rings is 2. The number of aryl methyl sites for hydroxylation is 1. The highest BCUT2D eigenvalue weighted by atomic mass is 35.5. The number of anilines is 1. The molecule has 1 saturated heterocycles. The van der Waals surface area contributed by atoms with Crippen LogP contribution in [0.2, 0.25) is 5.02 Å². The Morgan fingerprint density at radius 1 is 1.07 bits per heavy atom. The van der Waals surface area contributed by atoms with E-state index in [4.69, 9.17) is 11.6 Å². The number of fused-ring (bicyclic) bond motifs is 4. The number of nitrogens with one attached hydrogen (secondary N) is 1. The summed E-state index contributed by atoms with van der Waals surface area (Å²) >= 11 is 6.23. The molecule has 4 nitrogen and oxygen atoms in total. The van der Waals surface area contributed by atoms with Crippen molar-refractivity contribution in [2.24, 2.45) is 0 Å². The SMILES string of the molecule is Cc1ccccc1C(=O)N1CCC2(CC1)Nc1ccc(Cl)cc1-n1cccc12. The van der Waals surface area contributed by atoms with Crippen molar-refractivity contribution >= 4 is 23.2 Å². The second-order valence-corrected chi connectivity index (χ2v) is 8.18. The molecule has 28 heavy (non-hydrogen) atoms. The minimum Gasteiger partial charge on any atom is -0.372 e. The first kappa shape index (κ1) is 17.4. The number of halogens is 1. The lowest BCUT2D eigenvalue weighted by molar-refractivity contribution is 0.0675. The van der Waals surface area contributed by atoms with Gasteiger partial charge in [-0.3, -0.25) is 4.79 Å². The number of rotatable bonds is 1. The molecule has 2 aliphatic heterocycles. The van der Waals surface area contributed by atoms with Crippen molar-refractivity contribution < 1.29 is 4.79 Å². The topological polar surface area (TPSA) is 37.3 Å². The Morgan fingerprint density at radius 2 is 1.86 bits per heavy atom. The summed E-state index contributed by atoms with van der Waals surface area (Å²) in [6, 6.07) is 18.1. The maximum Gasteiger partial charge on any atom is 0.254 e. The number of hydrogen-bond donors (Lipinski definition) is 1. The third-order valence-corrected chi connectivity index (χ3v) is 6.35. The monoisotopic (exact) mass is 391 g/mol. The number of carbonyl (C=O) groups is 1. The summed E-state index contributed by atoms with van der Waals surface area (Å²) in [7, 11) is 0. The predicted molar refractivity (Wildman–Crippen MR) is 112 cm³/mol. The van der Waals surface area contributed by atoms with Crippen LogP contribution < -0.4 is 5.32 Å². The van der Waals surface area contributed by atoms with Crippen LogP contribution in [0.25, 0.3) is 5.69 Å². The number of nitrogens with zero attached hydrogens (tertiary/aromatic N) is 2. The molecule has 1 amide bonds. The molecule has 0 saturated carbocycles. The van der Waals surface area contributed by atoms with Crippen molar-refractivity contribution in [1.82, 2.24) is 9.47 Å². The summed E-state index contributed by atoms with van der Waals surface area (Å²) in [5, 5.41) is 4.51. The zero-order chi connectivity index (χ0) is 19.3. The van der Waals surface area contributed by atoms with Crippen LogP contribution in [-0.4, -0.2) is 28.5 Å². The molecule has 0 unspecified atom stereocenters. The molecule has 3 heterocycles. The van der Waals surface area contributed by atoms with E-state index in [1.807, 2.05) is 54.3 Å². The number of carbonyl (C=O) groups excluding carboxylic acids is 1. The molecule has 2 aliphatic rings. The fraction of sp³-hybridized carbons (Fsp3) is 0.261. The van der Waals surface area contributed by atoms with Gasteiger partial charge in [0.15, 0.2) is 0 Å². The molecule has 5 heteroatoms. The van der Waals surface area contributed by atoms with Crippen LogP contribution in [0.15, 0.2) is 60.8 Å². The number of likely N-dealkylation sites (tertiary alicyclic amines) is 1. The van der Waals surface area contributed by atoms with Gasteiger partial charge in [-0.05, 0) is 61.7 Å². The van der Waals surface area contributed by atoms with Gasteiger partial charge in [0.25, 0.3) is 5.91 Å². The van der Waals surface area contributed by atoms with Crippen LogP contribution in [0.5, 0.6) is 0 Å². The van der Waals surface area contributed by atoms with Gasteiger partial charge in [-0.25, -0.2) is 0 Å². The third kappa shape index (κ3) is 2.63. The maximum absolute atomic E-state index is 13.0. The average Bonchev–Trinajstić information content (AvgIpc) is 3.21. The van der Waals surface area contributed by atoms with Gasteiger partial charge in [0, 0.05) is 35.6 Å². The van der Waals surface area contributed by atoms with Gasteiger partial charge in [0.1, 0.15) is 0 Å². The van der Waals surface area contributed by atoms with Crippen molar-refractivity contribution in [3.63, 3.8) is 0 Å². The summed E-state index contributed by atoms with van der Waals surface area (Å²) in [6.07, 6.45) is 3.84. The highest BCUT2D eigenvalue weighted by Gasteiger charge is 2.42. The summed E-state index contributed by atoms with van der Waals surface area (Å²) in [4.78, 5) is 15.0. The summed E-state index contributed by atoms with van der Waals surface area (Å²) in [5.74, 6) is 0.131. The molecule has 1 spiro atoms. The Balaban J connectivity index is 1.43. The van der Waals surface area contributed by atoms with Gasteiger partial charge in [-0.2, -0.15) is 0 Å². The first-order valence-electron chi connectivity index (χ1n) is 9.68. The third-order valence-electron chi connectivity index (χ3n) is 6.11. The Bertz CT molecular complexity index is 1060. The minimum absolute atomic E-state index is 0.131. The van der Waals surface area contributed by atoms with Gasteiger partial charge >= 0.3 is 0 Å². The van der Waals surface area contributed by atoms with Crippen LogP contribution in [0.1, 0.15) is 34.5 Å². The molecular weight excluding hydrogens is 370 g/mol. The fourth-order valence-corrected chi connectivity index (χ4v) is 4.73. The van der Waals surface area contributed by atoms with E-state index < -0.39 is 0 Å². The Kier molecular flexibility index (Phi) is 3.98. The lowest BCUT2D eigenvalue weighted by Crippen LogP contribution is -2.51. The van der Waals surface area contributed by atoms with Crippen LogP contribution in [0.3, 0.4) is 0 Å². The van der Waals surface area contributed by atoms with E-state index >= 15 is 0 Å². The summed E-state index contributed by atoms with van der Waals surface area (Å²) in [6.45, 7) is 3.46. The molecule has 1 N–H and O–H groups in total. The smallest absolute Gasteiger partial charge is 0.254 e. The fourth-order valence-electron chi connectivity index (χ4n) is 4.57. The second-order valence-electron chi connectivity index (χ2n) is 7.74. The van der Waals surface area contributed by atoms with Gasteiger partial charge in [0.05, 0.1) is 16.9 Å². The van der Waals surface area contributed by atoms with Crippen molar-refractivity contribution in [2.75, 3.05) is 18.4 Å². The predicted octanol–water partition coefficient (Wildman–Crippen LogP) is 5.00. The Hall–Kier alpha value is -2.72. The van der Waals surface area contributed by atoms with Crippen molar-refractivity contribution in [3.8, 4) is 5.69 Å². The number of hydrogen-bond acceptors (Lipinski definition) is 2. The van der Waals surface area contributed by atoms with Gasteiger partial charge in [-0.15, -0.1) is 0 Å². The van der Waals surface area contributed by atoms with Gasteiger partial charge in [0.2, 0.25) is 0 Å². The van der Waals surface area contributed by atoms with E-state index in [9.17, 15) is 4.79 Å². The van der Waals surface area contributed by atoms with E-state index in [0.29, 0.717) is 0 Å². The highest BCUT2D eigenvalue weighted by Crippen LogP contribution is 2.44. The maximum atomic E-state index is 13.0. The average molecular weight is 392 g/mol. The molecule has 1 fully saturated rings. The lowest BCUT2D eigenvalue weighted by atomic mass is 9.82. The quantitative estimate of drug-likeness (QED) is 0.634. The highest BCUT2D eigenvalue weighted by molar-refractivity contribution is 6.30. The molecule has 3 aromatic rings. The standard InChI is InChI=1S/C23H22ClN3O/c1-16-5-2-3-6-18(16)22(28)26-13-10-23(11-14-26)21-7-4-12-27(21)20-15-17(24)8-9-19(20)25-23/h2-9,12,15,25H,10-11,13-14H2,1H3. The molecule has 0 bridgehead atoms. The molecule has 0 aliphatic carbocycles. The second kappa shape index (κ2) is 6.42. The van der Waals surface area contributed by atoms with Crippen LogP contribution in [-0.2, 0) is 5.54 Å². The number of amides is 1. The molecule has 0 radical (unpaired) electrons. The molecule has 5 rings (SSSR count). The van der Waals surface area contributed by atoms with E-state index in [0.717, 1.165) is 53.5 Å². The molecule has 0 atom stereocenters. The number of aromatic nitrogens is 1. The van der Waals surface area contributed by atoms with Crippen LogP contribution in [0, 0.1) is 6.92 Å². The molecular formula is C23H22ClN3O. The zero-order valence-corrected chi connectivity index (χ0v) is 16.5. The molecule has 1 aromatic heterocycles. The van der Waals surface area contributed by atoms with Gasteiger partial charge < -0.3 is 14.8 Å². The van der Waals surface area contributed by atoms with E-state index in [2.05, 4.69) is 28.2 Å². The molecule has 2 aromatic carbocycles. The summed E-state index contributed by atoms with van der Waals surface area (Å²) < 4.78 is 2.23. The molecule has 142 valence electrons. The first-order valence-corrected chi connectivity index (χ1v) is 10.1. The summed E-state index contributed by atoms with van der Waals surface area (Å²) in [5.41, 5.74) is 5.09. The van der Waals surface area contributed by atoms with E-state index in [1.165, 1.54) is 5.69 Å². The largest absolute Gasteiger partial charge is 0.372 e. The van der Waals surface area contributed by atoms with Crippen molar-refractivity contribution in [1.29, 1.82) is 0 Å². The van der Waals surface area contributed by atoms with Crippen LogP contribution >= 0.6 is 11.6 Å². The normalized spacial score (nSPS) is 17.0. The number of piperidine rings is 1. The van der Waals surface area contributed by atoms with E-state index in [-0.39, 0.29) is 11.4 Å². The van der Waals surface area contributed by atoms with Gasteiger partial charge in [-0.1, -0.05) is 29.8 Å². The Labute approximate surface area is 169 Å². The lowest BCUT2D eigenvalue weighted by Gasteiger charge is -2.46.